The molecule has 6 nitrogen and oxygen atoms in total. The van der Waals surface area contributed by atoms with Crippen LogP contribution in [0.3, 0.4) is 0 Å². The van der Waals surface area contributed by atoms with E-state index in [1.165, 1.54) is 31.0 Å². The first-order valence-corrected chi connectivity index (χ1v) is 10.1. The number of carbonyl (C=O) groups is 1. The van der Waals surface area contributed by atoms with Gasteiger partial charge in [0.1, 0.15) is 0 Å². The number of para-hydroxylation sites is 1. The van der Waals surface area contributed by atoms with Gasteiger partial charge in [-0.05, 0) is 55.2 Å². The fraction of sp³-hybridized carbons (Fsp3) is 0.579. The molecule has 1 unspecified atom stereocenters. The van der Waals surface area contributed by atoms with Crippen molar-refractivity contribution in [2.24, 2.45) is 0 Å². The molecule has 0 aliphatic heterocycles. The number of hydrogen-bond donors (Lipinski definition) is 0. The number of nitrogens with zero attached hydrogens (tertiary/aromatic N) is 5. The molecule has 1 atom stereocenters. The summed E-state index contributed by atoms with van der Waals surface area (Å²) >= 11 is 1.43. The topological polar surface area (TPSA) is 63.9 Å². The molecule has 26 heavy (non-hydrogen) atoms. The molecule has 0 bridgehead atoms. The number of aromatic nitrogens is 4. The standard InChI is InChI=1S/C19H27N5OS/c1-13-9-8-10-14(2)17(13)24-19(20-21-22-24)26-15(3)18(25)23(4)16-11-6-5-7-12-16/h8-10,15-16H,5-7,11-12H2,1-4H3. The van der Waals surface area contributed by atoms with Gasteiger partial charge in [0.25, 0.3) is 0 Å². The highest BCUT2D eigenvalue weighted by molar-refractivity contribution is 8.00. The summed E-state index contributed by atoms with van der Waals surface area (Å²) in [5.74, 6) is 0.151. The predicted molar refractivity (Wildman–Crippen MR) is 104 cm³/mol. The van der Waals surface area contributed by atoms with Gasteiger partial charge in [0, 0.05) is 13.1 Å². The van der Waals surface area contributed by atoms with Crippen LogP contribution in [0.2, 0.25) is 0 Å². The molecule has 0 radical (unpaired) electrons. The summed E-state index contributed by atoms with van der Waals surface area (Å²) in [6, 6.07) is 6.48. The van der Waals surface area contributed by atoms with E-state index in [4.69, 9.17) is 0 Å². The average molecular weight is 374 g/mol. The predicted octanol–water partition coefficient (Wildman–Crippen LogP) is 3.55. The van der Waals surface area contributed by atoms with Crippen LogP contribution in [0.4, 0.5) is 0 Å². The maximum atomic E-state index is 12.9. The molecule has 1 fully saturated rings. The maximum absolute atomic E-state index is 12.9. The highest BCUT2D eigenvalue weighted by atomic mass is 32.2. The monoisotopic (exact) mass is 373 g/mol. The maximum Gasteiger partial charge on any atom is 0.235 e. The van der Waals surface area contributed by atoms with E-state index in [1.807, 2.05) is 50.9 Å². The van der Waals surface area contributed by atoms with Gasteiger partial charge in [-0.3, -0.25) is 4.79 Å². The van der Waals surface area contributed by atoms with Crippen LogP contribution in [-0.2, 0) is 4.79 Å². The third-order valence-electron chi connectivity index (χ3n) is 5.19. The van der Waals surface area contributed by atoms with Gasteiger partial charge in [0.05, 0.1) is 10.9 Å². The number of tetrazole rings is 1. The molecular weight excluding hydrogens is 346 g/mol. The van der Waals surface area contributed by atoms with Crippen LogP contribution >= 0.6 is 11.8 Å². The van der Waals surface area contributed by atoms with E-state index in [2.05, 4.69) is 15.5 Å². The van der Waals surface area contributed by atoms with Crippen molar-refractivity contribution in [2.45, 2.75) is 69.3 Å². The smallest absolute Gasteiger partial charge is 0.235 e. The Labute approximate surface area is 159 Å². The summed E-state index contributed by atoms with van der Waals surface area (Å²) < 4.78 is 1.75. The second kappa shape index (κ2) is 8.20. The molecule has 1 aliphatic rings. The molecular formula is C19H27N5OS. The molecule has 140 valence electrons. The molecule has 7 heteroatoms. The molecule has 1 saturated carbocycles. The van der Waals surface area contributed by atoms with E-state index in [0.29, 0.717) is 11.2 Å². The summed E-state index contributed by atoms with van der Waals surface area (Å²) in [5.41, 5.74) is 3.20. The fourth-order valence-electron chi connectivity index (χ4n) is 3.68. The first-order chi connectivity index (χ1) is 12.5. The molecule has 1 aliphatic carbocycles. The average Bonchev–Trinajstić information content (AvgIpc) is 3.08. The van der Waals surface area contributed by atoms with Gasteiger partial charge in [-0.2, -0.15) is 4.68 Å². The second-order valence-electron chi connectivity index (χ2n) is 7.11. The Morgan fingerprint density at radius 1 is 1.23 bits per heavy atom. The summed E-state index contributed by atoms with van der Waals surface area (Å²) in [5, 5.41) is 12.6. The molecule has 2 aromatic rings. The van der Waals surface area contributed by atoms with Crippen molar-refractivity contribution in [3.8, 4) is 5.69 Å². The lowest BCUT2D eigenvalue weighted by molar-refractivity contribution is -0.131. The minimum atomic E-state index is -0.226. The lowest BCUT2D eigenvalue weighted by Gasteiger charge is -2.32. The Kier molecular flexibility index (Phi) is 5.96. The largest absolute Gasteiger partial charge is 0.342 e. The first kappa shape index (κ1) is 18.9. The highest BCUT2D eigenvalue weighted by Gasteiger charge is 2.27. The minimum Gasteiger partial charge on any atom is -0.342 e. The molecule has 3 rings (SSSR count). The lowest BCUT2D eigenvalue weighted by atomic mass is 9.94. The normalized spacial score (nSPS) is 16.5. The molecule has 0 saturated heterocycles. The van der Waals surface area contributed by atoms with E-state index < -0.39 is 0 Å². The molecule has 0 N–H and O–H groups in total. The number of rotatable bonds is 5. The van der Waals surface area contributed by atoms with E-state index in [0.717, 1.165) is 29.7 Å². The van der Waals surface area contributed by atoms with Crippen LogP contribution in [0.25, 0.3) is 5.69 Å². The quantitative estimate of drug-likeness (QED) is 0.750. The van der Waals surface area contributed by atoms with E-state index in [9.17, 15) is 4.79 Å². The number of carbonyl (C=O) groups excluding carboxylic acids is 1. The molecule has 1 aromatic heterocycles. The summed E-state index contributed by atoms with van der Waals surface area (Å²) in [6.07, 6.45) is 5.94. The van der Waals surface area contributed by atoms with Crippen LogP contribution in [0.1, 0.15) is 50.2 Å². The van der Waals surface area contributed by atoms with Crippen molar-refractivity contribution >= 4 is 17.7 Å². The number of thioether (sulfide) groups is 1. The third-order valence-corrected chi connectivity index (χ3v) is 6.21. The Balaban J connectivity index is 1.75. The first-order valence-electron chi connectivity index (χ1n) is 9.27. The lowest BCUT2D eigenvalue weighted by Crippen LogP contribution is -2.42. The third kappa shape index (κ3) is 3.92. The van der Waals surface area contributed by atoms with Gasteiger partial charge in [-0.1, -0.05) is 49.2 Å². The van der Waals surface area contributed by atoms with Crippen molar-refractivity contribution in [1.29, 1.82) is 0 Å². The summed E-state index contributed by atoms with van der Waals surface area (Å²) in [4.78, 5) is 14.8. The summed E-state index contributed by atoms with van der Waals surface area (Å²) in [6.45, 7) is 6.03. The second-order valence-corrected chi connectivity index (χ2v) is 8.42. The van der Waals surface area contributed by atoms with Crippen molar-refractivity contribution < 1.29 is 4.79 Å². The zero-order chi connectivity index (χ0) is 18.7. The number of hydrogen-bond acceptors (Lipinski definition) is 5. The zero-order valence-electron chi connectivity index (χ0n) is 16.0. The van der Waals surface area contributed by atoms with Crippen LogP contribution in [-0.4, -0.2) is 49.4 Å². The molecule has 1 amide bonds. The van der Waals surface area contributed by atoms with Crippen LogP contribution in [0.15, 0.2) is 23.4 Å². The Morgan fingerprint density at radius 2 is 1.88 bits per heavy atom. The van der Waals surface area contributed by atoms with Gasteiger partial charge >= 0.3 is 0 Å². The number of benzene rings is 1. The molecule has 1 heterocycles. The highest BCUT2D eigenvalue weighted by Crippen LogP contribution is 2.28. The van der Waals surface area contributed by atoms with Crippen molar-refractivity contribution in [1.82, 2.24) is 25.1 Å². The van der Waals surface area contributed by atoms with Crippen LogP contribution < -0.4 is 0 Å². The van der Waals surface area contributed by atoms with Crippen molar-refractivity contribution in [3.63, 3.8) is 0 Å². The van der Waals surface area contributed by atoms with E-state index >= 15 is 0 Å². The van der Waals surface area contributed by atoms with E-state index in [-0.39, 0.29) is 11.2 Å². The number of amides is 1. The van der Waals surface area contributed by atoms with E-state index in [1.54, 1.807) is 4.68 Å². The van der Waals surface area contributed by atoms with Crippen molar-refractivity contribution in [2.75, 3.05) is 7.05 Å². The van der Waals surface area contributed by atoms with Gasteiger partial charge in [-0.15, -0.1) is 5.10 Å². The summed E-state index contributed by atoms with van der Waals surface area (Å²) in [7, 11) is 1.93. The minimum absolute atomic E-state index is 0.151. The fourth-order valence-corrected chi connectivity index (χ4v) is 4.57. The number of aryl methyl sites for hydroxylation is 2. The van der Waals surface area contributed by atoms with Gasteiger partial charge in [0.2, 0.25) is 11.1 Å². The van der Waals surface area contributed by atoms with Gasteiger partial charge in [0.15, 0.2) is 0 Å². The van der Waals surface area contributed by atoms with Crippen LogP contribution in [0.5, 0.6) is 0 Å². The van der Waals surface area contributed by atoms with Gasteiger partial charge in [-0.25, -0.2) is 0 Å². The Bertz CT molecular complexity index is 749. The molecule has 1 aromatic carbocycles. The van der Waals surface area contributed by atoms with Crippen molar-refractivity contribution in [3.05, 3.63) is 29.3 Å². The molecule has 0 spiro atoms. The Hall–Kier alpha value is -1.89. The van der Waals surface area contributed by atoms with Gasteiger partial charge < -0.3 is 4.90 Å². The SMILES string of the molecule is Cc1cccc(C)c1-n1nnnc1SC(C)C(=O)N(C)C1CCCCC1. The Morgan fingerprint density at radius 3 is 2.54 bits per heavy atom. The van der Waals surface area contributed by atoms with Crippen LogP contribution in [0, 0.1) is 13.8 Å². The zero-order valence-corrected chi connectivity index (χ0v) is 16.8.